The minimum atomic E-state index is -1.04. The van der Waals surface area contributed by atoms with Gasteiger partial charge in [0.05, 0.1) is 0 Å². The molecule has 21 heavy (non-hydrogen) atoms. The first-order chi connectivity index (χ1) is 10.1. The van der Waals surface area contributed by atoms with E-state index in [1.807, 2.05) is 30.3 Å². The van der Waals surface area contributed by atoms with E-state index >= 15 is 0 Å². The van der Waals surface area contributed by atoms with Crippen LogP contribution in [0.1, 0.15) is 11.1 Å². The molecule has 1 fully saturated rings. The zero-order valence-electron chi connectivity index (χ0n) is 11.1. The number of benzene rings is 2. The Morgan fingerprint density at radius 1 is 1.00 bits per heavy atom. The summed E-state index contributed by atoms with van der Waals surface area (Å²) >= 11 is 0.706. The van der Waals surface area contributed by atoms with Gasteiger partial charge in [0, 0.05) is 18.2 Å². The molecule has 3 rings (SSSR count). The molecule has 2 aromatic carbocycles. The first-order valence-electron chi connectivity index (χ1n) is 6.48. The molecule has 5 heteroatoms. The second-order valence-electron chi connectivity index (χ2n) is 4.92. The van der Waals surface area contributed by atoms with Gasteiger partial charge in [0.15, 0.2) is 0 Å². The van der Waals surface area contributed by atoms with Gasteiger partial charge >= 0.3 is 0 Å². The lowest BCUT2D eigenvalue weighted by atomic mass is 9.85. The summed E-state index contributed by atoms with van der Waals surface area (Å²) in [5, 5.41) is 11.6. The van der Waals surface area contributed by atoms with Gasteiger partial charge in [-0.05, 0) is 23.3 Å². The molecule has 1 aliphatic rings. The number of aromatic hydroxyl groups is 1. The van der Waals surface area contributed by atoms with Crippen LogP contribution in [0.2, 0.25) is 0 Å². The topological polar surface area (TPSA) is 66.4 Å². The van der Waals surface area contributed by atoms with E-state index in [0.29, 0.717) is 18.2 Å². The van der Waals surface area contributed by atoms with E-state index in [9.17, 15) is 14.7 Å². The smallest absolute Gasteiger partial charge is 0.287 e. The van der Waals surface area contributed by atoms with E-state index in [0.717, 1.165) is 11.1 Å². The molecule has 1 amide bonds. The number of hydrogen-bond donors (Lipinski definition) is 2. The first kappa shape index (κ1) is 13.7. The summed E-state index contributed by atoms with van der Waals surface area (Å²) in [5.74, 6) is 0.170. The third-order valence-corrected chi connectivity index (χ3v) is 4.34. The van der Waals surface area contributed by atoms with Gasteiger partial charge in [-0.25, -0.2) is 0 Å². The number of phenolic OH excluding ortho intramolecular Hbond substituents is 1. The Balaban J connectivity index is 2.03. The number of nitrogens with one attached hydrogen (secondary N) is 1. The Hall–Kier alpha value is -2.27. The molecule has 0 bridgehead atoms. The number of phenols is 1. The molecule has 106 valence electrons. The van der Waals surface area contributed by atoms with Crippen molar-refractivity contribution in [1.82, 2.24) is 5.32 Å². The highest BCUT2D eigenvalue weighted by Crippen LogP contribution is 2.37. The molecule has 0 aliphatic carbocycles. The molecule has 0 radical (unpaired) electrons. The largest absolute Gasteiger partial charge is 0.508 e. The average molecular weight is 299 g/mol. The van der Waals surface area contributed by atoms with Gasteiger partial charge in [-0.2, -0.15) is 0 Å². The minimum Gasteiger partial charge on any atom is -0.508 e. The van der Waals surface area contributed by atoms with Crippen LogP contribution in [0.5, 0.6) is 5.75 Å². The van der Waals surface area contributed by atoms with Crippen LogP contribution in [0.15, 0.2) is 54.6 Å². The standard InChI is InChI=1S/C16H13NO3S/c18-13-8-6-11(7-9-13)10-16(12-4-2-1-3-5-12)14(19)21-15(20)17-16/h1-9,18H,10H2,(H,17,20). The molecular weight excluding hydrogens is 286 g/mol. The second-order valence-corrected chi connectivity index (χ2v) is 5.86. The minimum absolute atomic E-state index is 0.170. The van der Waals surface area contributed by atoms with Crippen molar-refractivity contribution in [1.29, 1.82) is 0 Å². The van der Waals surface area contributed by atoms with Crippen molar-refractivity contribution in [2.24, 2.45) is 0 Å². The zero-order valence-corrected chi connectivity index (χ0v) is 11.9. The van der Waals surface area contributed by atoms with Gasteiger partial charge in [-0.1, -0.05) is 42.5 Å². The van der Waals surface area contributed by atoms with Crippen LogP contribution in [-0.2, 0) is 16.8 Å². The molecule has 2 N–H and O–H groups in total. The lowest BCUT2D eigenvalue weighted by molar-refractivity contribution is -0.116. The molecule has 2 aromatic rings. The molecule has 1 unspecified atom stereocenters. The molecule has 0 aromatic heterocycles. The second kappa shape index (κ2) is 5.26. The average Bonchev–Trinajstić information content (AvgIpc) is 2.77. The van der Waals surface area contributed by atoms with Gasteiger partial charge in [0.25, 0.3) is 5.24 Å². The maximum absolute atomic E-state index is 12.4. The fourth-order valence-corrected chi connectivity index (χ4v) is 3.28. The Morgan fingerprint density at radius 2 is 1.67 bits per heavy atom. The highest BCUT2D eigenvalue weighted by atomic mass is 32.2. The summed E-state index contributed by atoms with van der Waals surface area (Å²) in [6, 6.07) is 15.9. The molecule has 1 aliphatic heterocycles. The Morgan fingerprint density at radius 3 is 2.24 bits per heavy atom. The summed E-state index contributed by atoms with van der Waals surface area (Å²) in [7, 11) is 0. The number of thioether (sulfide) groups is 1. The number of carbonyl (C=O) groups excluding carboxylic acids is 2. The van der Waals surface area contributed by atoms with Gasteiger partial charge in [-0.3, -0.25) is 9.59 Å². The predicted molar refractivity (Wildman–Crippen MR) is 81.1 cm³/mol. The summed E-state index contributed by atoms with van der Waals surface area (Å²) in [6.45, 7) is 0. The van der Waals surface area contributed by atoms with E-state index in [4.69, 9.17) is 0 Å². The lowest BCUT2D eigenvalue weighted by Crippen LogP contribution is -2.45. The van der Waals surface area contributed by atoms with Crippen molar-refractivity contribution < 1.29 is 14.7 Å². The van der Waals surface area contributed by atoms with Crippen molar-refractivity contribution in [2.75, 3.05) is 0 Å². The van der Waals surface area contributed by atoms with Crippen LogP contribution in [-0.4, -0.2) is 15.5 Å². The first-order valence-corrected chi connectivity index (χ1v) is 7.30. The summed E-state index contributed by atoms with van der Waals surface area (Å²) in [6.07, 6.45) is 0.356. The van der Waals surface area contributed by atoms with Crippen molar-refractivity contribution in [3.8, 4) is 5.75 Å². The molecule has 1 heterocycles. The van der Waals surface area contributed by atoms with Gasteiger partial charge in [0.2, 0.25) is 5.12 Å². The number of rotatable bonds is 3. The lowest BCUT2D eigenvalue weighted by Gasteiger charge is -2.27. The molecule has 4 nitrogen and oxygen atoms in total. The highest BCUT2D eigenvalue weighted by Gasteiger charge is 2.48. The SMILES string of the molecule is O=C1NC(Cc2ccc(O)cc2)(c2ccccc2)C(=O)S1. The number of carbonyl (C=O) groups is 2. The fraction of sp³-hybridized carbons (Fsp3) is 0.125. The zero-order chi connectivity index (χ0) is 14.9. The van der Waals surface area contributed by atoms with E-state index < -0.39 is 5.54 Å². The molecule has 0 spiro atoms. The van der Waals surface area contributed by atoms with Crippen molar-refractivity contribution in [3.05, 3.63) is 65.7 Å². The molecule has 1 saturated heterocycles. The van der Waals surface area contributed by atoms with E-state index in [1.54, 1.807) is 24.3 Å². The van der Waals surface area contributed by atoms with Crippen LogP contribution in [0.4, 0.5) is 4.79 Å². The van der Waals surface area contributed by atoms with Gasteiger partial charge in [0.1, 0.15) is 11.3 Å². The maximum Gasteiger partial charge on any atom is 0.287 e. The van der Waals surface area contributed by atoms with Crippen molar-refractivity contribution in [3.63, 3.8) is 0 Å². The predicted octanol–water partition coefficient (Wildman–Crippen LogP) is 2.81. The Bertz CT molecular complexity index is 684. The summed E-state index contributed by atoms with van der Waals surface area (Å²) in [4.78, 5) is 24.1. The van der Waals surface area contributed by atoms with E-state index in [2.05, 4.69) is 5.32 Å². The molecular formula is C16H13NO3S. The monoisotopic (exact) mass is 299 g/mol. The Kier molecular flexibility index (Phi) is 3.43. The van der Waals surface area contributed by atoms with E-state index in [1.165, 1.54) is 0 Å². The van der Waals surface area contributed by atoms with Crippen molar-refractivity contribution in [2.45, 2.75) is 12.0 Å². The fourth-order valence-electron chi connectivity index (χ4n) is 2.47. The third-order valence-electron chi connectivity index (χ3n) is 3.52. The Labute approximate surface area is 126 Å². The van der Waals surface area contributed by atoms with Crippen LogP contribution >= 0.6 is 11.8 Å². The number of amides is 1. The highest BCUT2D eigenvalue weighted by molar-refractivity contribution is 8.26. The van der Waals surface area contributed by atoms with Crippen molar-refractivity contribution >= 4 is 22.1 Å². The maximum atomic E-state index is 12.4. The number of hydrogen-bond acceptors (Lipinski definition) is 4. The van der Waals surface area contributed by atoms with Gasteiger partial charge < -0.3 is 10.4 Å². The van der Waals surface area contributed by atoms with Crippen LogP contribution in [0.3, 0.4) is 0 Å². The van der Waals surface area contributed by atoms with Crippen LogP contribution in [0.25, 0.3) is 0 Å². The molecule has 1 atom stereocenters. The van der Waals surface area contributed by atoms with Crippen LogP contribution < -0.4 is 5.32 Å². The quantitative estimate of drug-likeness (QED) is 0.914. The van der Waals surface area contributed by atoms with Crippen LogP contribution in [0, 0.1) is 0 Å². The molecule has 0 saturated carbocycles. The third kappa shape index (κ3) is 2.52. The summed E-state index contributed by atoms with van der Waals surface area (Å²) < 4.78 is 0. The normalized spacial score (nSPS) is 21.3. The van der Waals surface area contributed by atoms with E-state index in [-0.39, 0.29) is 16.1 Å². The van der Waals surface area contributed by atoms with Gasteiger partial charge in [-0.15, -0.1) is 0 Å². The summed E-state index contributed by atoms with van der Waals surface area (Å²) in [5.41, 5.74) is 0.592.